The number of nitrogens with zero attached hydrogens (tertiary/aromatic N) is 4. The SMILES string of the molecule is CC(=O)N1CCc2nc3ncc(Br)cn3c2C1. The van der Waals surface area contributed by atoms with Gasteiger partial charge in [0.1, 0.15) is 0 Å². The van der Waals surface area contributed by atoms with Crippen molar-refractivity contribution in [2.75, 3.05) is 6.54 Å². The molecular formula is C11H11BrN4O. The third-order valence-corrected chi connectivity index (χ3v) is 3.44. The molecule has 1 aliphatic heterocycles. The van der Waals surface area contributed by atoms with Crippen LogP contribution in [0.3, 0.4) is 0 Å². The number of aromatic nitrogens is 3. The highest BCUT2D eigenvalue weighted by Crippen LogP contribution is 2.21. The standard InChI is InChI=1S/C11H11BrN4O/c1-7(17)15-3-2-9-10(6-15)16-5-8(12)4-13-11(16)14-9/h4-5H,2-3,6H2,1H3. The van der Waals surface area contributed by atoms with Gasteiger partial charge in [-0.25, -0.2) is 9.97 Å². The van der Waals surface area contributed by atoms with E-state index < -0.39 is 0 Å². The van der Waals surface area contributed by atoms with E-state index >= 15 is 0 Å². The molecule has 1 aliphatic rings. The Morgan fingerprint density at radius 3 is 3.12 bits per heavy atom. The van der Waals surface area contributed by atoms with E-state index in [2.05, 4.69) is 25.9 Å². The molecule has 3 rings (SSSR count). The molecule has 0 N–H and O–H groups in total. The lowest BCUT2D eigenvalue weighted by molar-refractivity contribution is -0.129. The van der Waals surface area contributed by atoms with Crippen molar-refractivity contribution >= 4 is 27.6 Å². The topological polar surface area (TPSA) is 50.5 Å². The predicted molar refractivity (Wildman–Crippen MR) is 65.5 cm³/mol. The van der Waals surface area contributed by atoms with E-state index in [1.807, 2.05) is 15.5 Å². The molecule has 0 fully saturated rings. The van der Waals surface area contributed by atoms with Crippen LogP contribution in [0.5, 0.6) is 0 Å². The highest BCUT2D eigenvalue weighted by atomic mass is 79.9. The first-order valence-electron chi connectivity index (χ1n) is 5.42. The summed E-state index contributed by atoms with van der Waals surface area (Å²) in [5.74, 6) is 0.803. The van der Waals surface area contributed by atoms with Gasteiger partial charge in [0.05, 0.1) is 22.4 Å². The Bertz CT molecular complexity index is 607. The van der Waals surface area contributed by atoms with E-state index in [0.29, 0.717) is 12.3 Å². The number of carbonyl (C=O) groups excluding carboxylic acids is 1. The molecule has 0 radical (unpaired) electrons. The van der Waals surface area contributed by atoms with Crippen molar-refractivity contribution in [1.29, 1.82) is 0 Å². The maximum Gasteiger partial charge on any atom is 0.234 e. The molecule has 5 nitrogen and oxygen atoms in total. The minimum absolute atomic E-state index is 0.105. The monoisotopic (exact) mass is 294 g/mol. The van der Waals surface area contributed by atoms with Crippen LogP contribution in [-0.4, -0.2) is 31.7 Å². The molecule has 0 bridgehead atoms. The van der Waals surface area contributed by atoms with Crippen molar-refractivity contribution in [3.05, 3.63) is 28.3 Å². The van der Waals surface area contributed by atoms with Crippen LogP contribution in [0.15, 0.2) is 16.9 Å². The lowest BCUT2D eigenvalue weighted by atomic mass is 10.1. The summed E-state index contributed by atoms with van der Waals surface area (Å²) >= 11 is 3.40. The summed E-state index contributed by atoms with van der Waals surface area (Å²) < 4.78 is 2.86. The highest BCUT2D eigenvalue weighted by molar-refractivity contribution is 9.10. The summed E-state index contributed by atoms with van der Waals surface area (Å²) in [6, 6.07) is 0. The first-order chi connectivity index (χ1) is 8.15. The van der Waals surface area contributed by atoms with Crippen molar-refractivity contribution in [3.8, 4) is 0 Å². The molecule has 0 unspecified atom stereocenters. The number of halogens is 1. The largest absolute Gasteiger partial charge is 0.337 e. The Balaban J connectivity index is 2.13. The van der Waals surface area contributed by atoms with E-state index in [0.717, 1.165) is 28.8 Å². The fraction of sp³-hybridized carbons (Fsp3) is 0.364. The molecule has 0 atom stereocenters. The molecule has 0 aromatic carbocycles. The quantitative estimate of drug-likeness (QED) is 0.738. The van der Waals surface area contributed by atoms with E-state index in [4.69, 9.17) is 0 Å². The second kappa shape index (κ2) is 3.80. The Labute approximate surface area is 107 Å². The Hall–Kier alpha value is -1.43. The van der Waals surface area contributed by atoms with Gasteiger partial charge in [-0.15, -0.1) is 0 Å². The number of amides is 1. The van der Waals surface area contributed by atoms with Gasteiger partial charge >= 0.3 is 0 Å². The van der Waals surface area contributed by atoms with Crippen LogP contribution >= 0.6 is 15.9 Å². The van der Waals surface area contributed by atoms with Crippen LogP contribution in [0.4, 0.5) is 0 Å². The van der Waals surface area contributed by atoms with Crippen LogP contribution in [0, 0.1) is 0 Å². The zero-order valence-electron chi connectivity index (χ0n) is 9.35. The van der Waals surface area contributed by atoms with Gasteiger partial charge in [-0.2, -0.15) is 0 Å². The van der Waals surface area contributed by atoms with Crippen molar-refractivity contribution in [2.24, 2.45) is 0 Å². The third kappa shape index (κ3) is 1.72. The average Bonchev–Trinajstić information content (AvgIpc) is 2.66. The number of imidazole rings is 1. The predicted octanol–water partition coefficient (Wildman–Crippen LogP) is 1.40. The van der Waals surface area contributed by atoms with Crippen molar-refractivity contribution in [1.82, 2.24) is 19.3 Å². The van der Waals surface area contributed by atoms with Crippen LogP contribution in [0.25, 0.3) is 5.78 Å². The molecule has 6 heteroatoms. The highest BCUT2D eigenvalue weighted by Gasteiger charge is 2.23. The van der Waals surface area contributed by atoms with E-state index in [-0.39, 0.29) is 5.91 Å². The van der Waals surface area contributed by atoms with Gasteiger partial charge < -0.3 is 4.90 Å². The van der Waals surface area contributed by atoms with Gasteiger partial charge in [-0.3, -0.25) is 9.20 Å². The van der Waals surface area contributed by atoms with Gasteiger partial charge in [-0.05, 0) is 15.9 Å². The van der Waals surface area contributed by atoms with Crippen LogP contribution in [0.2, 0.25) is 0 Å². The Morgan fingerprint density at radius 2 is 2.35 bits per heavy atom. The first-order valence-corrected chi connectivity index (χ1v) is 6.21. The molecule has 3 heterocycles. The summed E-state index contributed by atoms with van der Waals surface area (Å²) in [7, 11) is 0. The van der Waals surface area contributed by atoms with E-state index in [1.165, 1.54) is 0 Å². The molecule has 1 amide bonds. The van der Waals surface area contributed by atoms with E-state index in [9.17, 15) is 4.79 Å². The fourth-order valence-corrected chi connectivity index (χ4v) is 2.45. The molecule has 0 aliphatic carbocycles. The lowest BCUT2D eigenvalue weighted by Gasteiger charge is -2.25. The molecular weight excluding hydrogens is 284 g/mol. The van der Waals surface area contributed by atoms with Crippen LogP contribution in [0.1, 0.15) is 18.3 Å². The molecule has 2 aromatic heterocycles. The van der Waals surface area contributed by atoms with Gasteiger partial charge in [0.25, 0.3) is 0 Å². The van der Waals surface area contributed by atoms with Crippen LogP contribution in [-0.2, 0) is 17.8 Å². The van der Waals surface area contributed by atoms with E-state index in [1.54, 1.807) is 13.1 Å². The average molecular weight is 295 g/mol. The molecule has 0 saturated heterocycles. The Morgan fingerprint density at radius 1 is 1.53 bits per heavy atom. The van der Waals surface area contributed by atoms with Crippen LogP contribution < -0.4 is 0 Å². The molecule has 17 heavy (non-hydrogen) atoms. The normalized spacial score (nSPS) is 15.1. The summed E-state index contributed by atoms with van der Waals surface area (Å²) in [6.45, 7) is 2.96. The number of carbonyl (C=O) groups is 1. The minimum atomic E-state index is 0.105. The molecule has 2 aromatic rings. The number of hydrogen-bond acceptors (Lipinski definition) is 3. The number of hydrogen-bond donors (Lipinski definition) is 0. The van der Waals surface area contributed by atoms with Crippen molar-refractivity contribution < 1.29 is 4.79 Å². The zero-order valence-corrected chi connectivity index (χ0v) is 10.9. The van der Waals surface area contributed by atoms with Crippen molar-refractivity contribution in [3.63, 3.8) is 0 Å². The fourth-order valence-electron chi connectivity index (χ4n) is 2.14. The van der Waals surface area contributed by atoms with Gasteiger partial charge in [0, 0.05) is 32.3 Å². The number of fused-ring (bicyclic) bond motifs is 3. The molecule has 0 spiro atoms. The first kappa shape index (κ1) is 10.7. The van der Waals surface area contributed by atoms with Gasteiger partial charge in [-0.1, -0.05) is 0 Å². The zero-order chi connectivity index (χ0) is 12.0. The lowest BCUT2D eigenvalue weighted by Crippen LogP contribution is -2.34. The van der Waals surface area contributed by atoms with Gasteiger partial charge in [0.2, 0.25) is 11.7 Å². The van der Waals surface area contributed by atoms with Crippen molar-refractivity contribution in [2.45, 2.75) is 19.9 Å². The van der Waals surface area contributed by atoms with Gasteiger partial charge in [0.15, 0.2) is 0 Å². The smallest absolute Gasteiger partial charge is 0.234 e. The maximum atomic E-state index is 11.4. The summed E-state index contributed by atoms with van der Waals surface area (Å²) in [5.41, 5.74) is 2.11. The Kier molecular flexibility index (Phi) is 2.39. The summed E-state index contributed by atoms with van der Waals surface area (Å²) in [6.07, 6.45) is 4.48. The maximum absolute atomic E-state index is 11.4. The number of rotatable bonds is 0. The minimum Gasteiger partial charge on any atom is -0.337 e. The summed E-state index contributed by atoms with van der Waals surface area (Å²) in [4.78, 5) is 22.0. The molecule has 88 valence electrons. The molecule has 0 saturated carbocycles. The summed E-state index contributed by atoms with van der Waals surface area (Å²) in [5, 5.41) is 0. The third-order valence-electron chi connectivity index (χ3n) is 3.03. The second-order valence-corrected chi connectivity index (χ2v) is 5.05. The second-order valence-electron chi connectivity index (χ2n) is 4.14.